The van der Waals surface area contributed by atoms with Crippen LogP contribution in [-0.4, -0.2) is 30.2 Å². The normalized spacial score (nSPS) is 24.1. The standard InChI is InChI=1S/C14H22N2OS/c1-4-17-13-7-5-6-12(14(13)15)16-8-10(2)18-11(3)9-16/h5-7,10-11H,4,8-9,15H2,1-3H3. The summed E-state index contributed by atoms with van der Waals surface area (Å²) in [6.07, 6.45) is 0. The number of thioether (sulfide) groups is 1. The Hall–Kier alpha value is -1.03. The third-order valence-electron chi connectivity index (χ3n) is 3.10. The SMILES string of the molecule is CCOc1cccc(N2CC(C)SC(C)C2)c1N. The third kappa shape index (κ3) is 2.86. The van der Waals surface area contributed by atoms with Gasteiger partial charge in [-0.1, -0.05) is 19.9 Å². The summed E-state index contributed by atoms with van der Waals surface area (Å²) in [6.45, 7) is 9.28. The van der Waals surface area contributed by atoms with Crippen LogP contribution in [0.25, 0.3) is 0 Å². The zero-order valence-electron chi connectivity index (χ0n) is 11.3. The van der Waals surface area contributed by atoms with Crippen molar-refractivity contribution < 1.29 is 4.74 Å². The number of para-hydroxylation sites is 1. The maximum absolute atomic E-state index is 6.22. The van der Waals surface area contributed by atoms with Crippen molar-refractivity contribution in [3.8, 4) is 5.75 Å². The number of ether oxygens (including phenoxy) is 1. The molecule has 4 heteroatoms. The van der Waals surface area contributed by atoms with Crippen LogP contribution >= 0.6 is 11.8 Å². The van der Waals surface area contributed by atoms with Gasteiger partial charge in [-0.2, -0.15) is 11.8 Å². The topological polar surface area (TPSA) is 38.5 Å². The van der Waals surface area contributed by atoms with Gasteiger partial charge in [0.25, 0.3) is 0 Å². The van der Waals surface area contributed by atoms with Crippen molar-refractivity contribution in [2.75, 3.05) is 30.3 Å². The summed E-state index contributed by atoms with van der Waals surface area (Å²) in [7, 11) is 0. The second-order valence-electron chi connectivity index (χ2n) is 4.78. The second-order valence-corrected chi connectivity index (χ2v) is 6.67. The number of hydrogen-bond donors (Lipinski definition) is 1. The van der Waals surface area contributed by atoms with Gasteiger partial charge in [-0.05, 0) is 19.1 Å². The van der Waals surface area contributed by atoms with Crippen LogP contribution in [0.4, 0.5) is 11.4 Å². The molecule has 1 aliphatic rings. The van der Waals surface area contributed by atoms with E-state index in [1.165, 1.54) is 0 Å². The minimum Gasteiger partial charge on any atom is -0.492 e. The monoisotopic (exact) mass is 266 g/mol. The van der Waals surface area contributed by atoms with Gasteiger partial charge in [0.1, 0.15) is 5.75 Å². The van der Waals surface area contributed by atoms with Crippen molar-refractivity contribution in [2.45, 2.75) is 31.3 Å². The fraction of sp³-hybridized carbons (Fsp3) is 0.571. The van der Waals surface area contributed by atoms with Gasteiger partial charge >= 0.3 is 0 Å². The fourth-order valence-corrected chi connectivity index (χ4v) is 3.79. The van der Waals surface area contributed by atoms with Crippen molar-refractivity contribution in [2.24, 2.45) is 0 Å². The predicted molar refractivity (Wildman–Crippen MR) is 80.8 cm³/mol. The lowest BCUT2D eigenvalue weighted by Gasteiger charge is -2.37. The van der Waals surface area contributed by atoms with E-state index >= 15 is 0 Å². The molecule has 100 valence electrons. The van der Waals surface area contributed by atoms with Gasteiger partial charge in [0.2, 0.25) is 0 Å². The van der Waals surface area contributed by atoms with Crippen molar-refractivity contribution in [1.29, 1.82) is 0 Å². The summed E-state index contributed by atoms with van der Waals surface area (Å²) in [5, 5.41) is 1.28. The van der Waals surface area contributed by atoms with Crippen molar-refractivity contribution in [3.05, 3.63) is 18.2 Å². The first-order valence-corrected chi connectivity index (χ1v) is 7.47. The maximum Gasteiger partial charge on any atom is 0.144 e. The molecular formula is C14H22N2OS. The molecule has 0 bridgehead atoms. The first-order valence-electron chi connectivity index (χ1n) is 6.53. The minimum atomic E-state index is 0.642. The molecule has 0 aliphatic carbocycles. The third-order valence-corrected chi connectivity index (χ3v) is 4.33. The molecule has 2 rings (SSSR count). The zero-order chi connectivity index (χ0) is 13.1. The van der Waals surface area contributed by atoms with E-state index < -0.39 is 0 Å². The van der Waals surface area contributed by atoms with Crippen LogP contribution in [0, 0.1) is 0 Å². The number of nitrogen functional groups attached to an aromatic ring is 1. The Morgan fingerprint density at radius 1 is 1.33 bits per heavy atom. The Morgan fingerprint density at radius 2 is 2.00 bits per heavy atom. The summed E-state index contributed by atoms with van der Waals surface area (Å²) in [4.78, 5) is 2.38. The molecular weight excluding hydrogens is 244 g/mol. The number of hydrogen-bond acceptors (Lipinski definition) is 4. The van der Waals surface area contributed by atoms with E-state index in [2.05, 4.69) is 24.8 Å². The first-order chi connectivity index (χ1) is 8.61. The van der Waals surface area contributed by atoms with E-state index in [1.807, 2.05) is 30.8 Å². The van der Waals surface area contributed by atoms with Gasteiger partial charge in [-0.25, -0.2) is 0 Å². The molecule has 0 saturated carbocycles. The largest absolute Gasteiger partial charge is 0.492 e. The molecule has 0 aromatic heterocycles. The zero-order valence-corrected chi connectivity index (χ0v) is 12.2. The molecule has 0 amide bonds. The molecule has 1 aliphatic heterocycles. The van der Waals surface area contributed by atoms with E-state index in [0.29, 0.717) is 17.1 Å². The molecule has 2 unspecified atom stereocenters. The molecule has 1 heterocycles. The highest BCUT2D eigenvalue weighted by molar-refractivity contribution is 8.00. The lowest BCUT2D eigenvalue weighted by molar-refractivity contribution is 0.342. The summed E-state index contributed by atoms with van der Waals surface area (Å²) in [5.41, 5.74) is 8.10. The summed E-state index contributed by atoms with van der Waals surface area (Å²) in [6, 6.07) is 6.05. The molecule has 1 saturated heterocycles. The smallest absolute Gasteiger partial charge is 0.144 e. The number of nitrogens with zero attached hydrogens (tertiary/aromatic N) is 1. The Labute approximate surface area is 114 Å². The number of benzene rings is 1. The number of anilines is 2. The van der Waals surface area contributed by atoms with Crippen LogP contribution in [0.1, 0.15) is 20.8 Å². The van der Waals surface area contributed by atoms with Crippen molar-refractivity contribution >= 4 is 23.1 Å². The highest BCUT2D eigenvalue weighted by atomic mass is 32.2. The summed E-state index contributed by atoms with van der Waals surface area (Å²) >= 11 is 2.05. The lowest BCUT2D eigenvalue weighted by Crippen LogP contribution is -2.40. The van der Waals surface area contributed by atoms with Gasteiger partial charge in [0, 0.05) is 23.6 Å². The van der Waals surface area contributed by atoms with E-state index in [9.17, 15) is 0 Å². The van der Waals surface area contributed by atoms with E-state index in [0.717, 1.165) is 30.2 Å². The van der Waals surface area contributed by atoms with Crippen LogP contribution in [0.15, 0.2) is 18.2 Å². The van der Waals surface area contributed by atoms with E-state index in [1.54, 1.807) is 0 Å². The maximum atomic E-state index is 6.22. The number of rotatable bonds is 3. The van der Waals surface area contributed by atoms with Gasteiger partial charge in [-0.15, -0.1) is 0 Å². The molecule has 3 nitrogen and oxygen atoms in total. The molecule has 0 radical (unpaired) electrons. The van der Waals surface area contributed by atoms with E-state index in [4.69, 9.17) is 10.5 Å². The molecule has 2 atom stereocenters. The van der Waals surface area contributed by atoms with Crippen LogP contribution in [0.5, 0.6) is 5.75 Å². The Kier molecular flexibility index (Phi) is 4.27. The fourth-order valence-electron chi connectivity index (χ4n) is 2.46. The number of nitrogens with two attached hydrogens (primary N) is 1. The molecule has 1 aromatic rings. The van der Waals surface area contributed by atoms with E-state index in [-0.39, 0.29) is 0 Å². The Balaban J connectivity index is 2.24. The quantitative estimate of drug-likeness (QED) is 0.854. The van der Waals surface area contributed by atoms with Crippen LogP contribution in [0.3, 0.4) is 0 Å². The summed E-state index contributed by atoms with van der Waals surface area (Å²) < 4.78 is 5.56. The predicted octanol–water partition coefficient (Wildman–Crippen LogP) is 3.00. The minimum absolute atomic E-state index is 0.642. The van der Waals surface area contributed by atoms with Gasteiger partial charge in [0.05, 0.1) is 18.0 Å². The van der Waals surface area contributed by atoms with Gasteiger partial charge in [0.15, 0.2) is 0 Å². The van der Waals surface area contributed by atoms with Crippen LogP contribution < -0.4 is 15.4 Å². The molecule has 1 aromatic carbocycles. The Morgan fingerprint density at radius 3 is 2.61 bits per heavy atom. The second kappa shape index (κ2) is 5.74. The van der Waals surface area contributed by atoms with Crippen LogP contribution in [0.2, 0.25) is 0 Å². The molecule has 18 heavy (non-hydrogen) atoms. The van der Waals surface area contributed by atoms with Crippen molar-refractivity contribution in [3.63, 3.8) is 0 Å². The molecule has 2 N–H and O–H groups in total. The molecule has 0 spiro atoms. The van der Waals surface area contributed by atoms with Crippen molar-refractivity contribution in [1.82, 2.24) is 0 Å². The Bertz CT molecular complexity index is 401. The molecule has 1 fully saturated rings. The highest BCUT2D eigenvalue weighted by Gasteiger charge is 2.24. The average molecular weight is 266 g/mol. The van der Waals surface area contributed by atoms with Crippen LogP contribution in [-0.2, 0) is 0 Å². The van der Waals surface area contributed by atoms with Gasteiger partial charge in [-0.3, -0.25) is 0 Å². The lowest BCUT2D eigenvalue weighted by atomic mass is 10.2. The summed E-state index contributed by atoms with van der Waals surface area (Å²) in [5.74, 6) is 0.800. The first kappa shape index (κ1) is 13.4. The van der Waals surface area contributed by atoms with Gasteiger partial charge < -0.3 is 15.4 Å². The highest BCUT2D eigenvalue weighted by Crippen LogP contribution is 2.36. The average Bonchev–Trinajstić information content (AvgIpc) is 2.31.